The maximum absolute atomic E-state index is 5.93. The number of nitrogens with zero attached hydrogens (tertiary/aromatic N) is 1. The Bertz CT molecular complexity index is 214. The van der Waals surface area contributed by atoms with E-state index in [9.17, 15) is 0 Å². The van der Waals surface area contributed by atoms with E-state index in [0.717, 1.165) is 12.5 Å². The van der Waals surface area contributed by atoms with Gasteiger partial charge in [0, 0.05) is 18.6 Å². The summed E-state index contributed by atoms with van der Waals surface area (Å²) in [7, 11) is 0. The van der Waals surface area contributed by atoms with E-state index in [2.05, 4.69) is 17.1 Å². The van der Waals surface area contributed by atoms with Gasteiger partial charge in [0.2, 0.25) is 0 Å². The zero-order valence-corrected chi connectivity index (χ0v) is 11.3. The van der Waals surface area contributed by atoms with Gasteiger partial charge in [-0.05, 0) is 57.7 Å². The van der Waals surface area contributed by atoms with Gasteiger partial charge in [-0.3, -0.25) is 0 Å². The molecule has 3 nitrogen and oxygen atoms in total. The van der Waals surface area contributed by atoms with Crippen LogP contribution in [0, 0.1) is 5.92 Å². The first-order valence-electron chi connectivity index (χ1n) is 7.45. The minimum absolute atomic E-state index is 0.449. The number of piperidine rings is 1. The molecule has 0 radical (unpaired) electrons. The maximum atomic E-state index is 5.93. The van der Waals surface area contributed by atoms with Crippen molar-refractivity contribution in [3.05, 3.63) is 0 Å². The third-order valence-electron chi connectivity index (χ3n) is 4.25. The number of likely N-dealkylation sites (tertiary alicyclic amines) is 1. The summed E-state index contributed by atoms with van der Waals surface area (Å²) >= 11 is 0. The van der Waals surface area contributed by atoms with Crippen LogP contribution in [0.25, 0.3) is 0 Å². The molecule has 3 N–H and O–H groups in total. The Morgan fingerprint density at radius 2 is 2.00 bits per heavy atom. The summed E-state index contributed by atoms with van der Waals surface area (Å²) in [6, 6.07) is 1.14. The highest BCUT2D eigenvalue weighted by atomic mass is 15.1. The number of rotatable bonds is 5. The molecule has 3 atom stereocenters. The Balaban J connectivity index is 1.58. The van der Waals surface area contributed by atoms with Gasteiger partial charge in [-0.15, -0.1) is 0 Å². The lowest BCUT2D eigenvalue weighted by atomic mass is 10.1. The van der Waals surface area contributed by atoms with Gasteiger partial charge in [0.25, 0.3) is 0 Å². The van der Waals surface area contributed by atoms with E-state index in [1.54, 1.807) is 0 Å². The number of hydrogen-bond acceptors (Lipinski definition) is 3. The number of hydrogen-bond donors (Lipinski definition) is 2. The van der Waals surface area contributed by atoms with Crippen LogP contribution in [-0.2, 0) is 0 Å². The molecule has 3 unspecified atom stereocenters. The van der Waals surface area contributed by atoms with Gasteiger partial charge in [-0.1, -0.05) is 13.3 Å². The van der Waals surface area contributed by atoms with Crippen molar-refractivity contribution in [3.8, 4) is 0 Å². The van der Waals surface area contributed by atoms with Crippen molar-refractivity contribution in [2.75, 3.05) is 26.2 Å². The SMILES string of the molecule is CC(CNC1CCC(N)C1)CN1CCCCC1. The van der Waals surface area contributed by atoms with Gasteiger partial charge in [-0.25, -0.2) is 0 Å². The monoisotopic (exact) mass is 239 g/mol. The van der Waals surface area contributed by atoms with Crippen molar-refractivity contribution in [1.29, 1.82) is 0 Å². The van der Waals surface area contributed by atoms with Crippen LogP contribution in [0.5, 0.6) is 0 Å². The number of nitrogens with two attached hydrogens (primary N) is 1. The van der Waals surface area contributed by atoms with E-state index in [1.807, 2.05) is 0 Å². The van der Waals surface area contributed by atoms with Gasteiger partial charge in [-0.2, -0.15) is 0 Å². The van der Waals surface area contributed by atoms with E-state index in [1.165, 1.54) is 58.2 Å². The fraction of sp³-hybridized carbons (Fsp3) is 1.00. The molecule has 1 heterocycles. The fourth-order valence-electron chi connectivity index (χ4n) is 3.22. The Kier molecular flexibility index (Phi) is 5.26. The van der Waals surface area contributed by atoms with E-state index in [0.29, 0.717) is 12.1 Å². The van der Waals surface area contributed by atoms with Crippen LogP contribution in [0.1, 0.15) is 45.4 Å². The second-order valence-corrected chi connectivity index (χ2v) is 6.14. The molecular weight excluding hydrogens is 210 g/mol. The average Bonchev–Trinajstić information content (AvgIpc) is 2.74. The molecule has 2 fully saturated rings. The summed E-state index contributed by atoms with van der Waals surface area (Å²) in [5.74, 6) is 0.768. The van der Waals surface area contributed by atoms with Crippen LogP contribution >= 0.6 is 0 Å². The minimum atomic E-state index is 0.449. The summed E-state index contributed by atoms with van der Waals surface area (Å²) in [5, 5.41) is 3.69. The zero-order valence-electron chi connectivity index (χ0n) is 11.3. The quantitative estimate of drug-likeness (QED) is 0.765. The molecule has 1 aliphatic heterocycles. The highest BCUT2D eigenvalue weighted by Gasteiger charge is 2.22. The standard InChI is InChI=1S/C14H29N3/c1-12(11-17-7-3-2-4-8-17)10-16-14-6-5-13(15)9-14/h12-14,16H,2-11,15H2,1H3. The molecule has 1 saturated heterocycles. The van der Waals surface area contributed by atoms with Gasteiger partial charge in [0.1, 0.15) is 0 Å². The summed E-state index contributed by atoms with van der Waals surface area (Å²) < 4.78 is 0. The van der Waals surface area contributed by atoms with Crippen LogP contribution in [0.3, 0.4) is 0 Å². The van der Waals surface area contributed by atoms with Crippen molar-refractivity contribution >= 4 is 0 Å². The molecular formula is C14H29N3. The lowest BCUT2D eigenvalue weighted by molar-refractivity contribution is 0.197. The molecule has 0 spiro atoms. The third kappa shape index (κ3) is 4.57. The molecule has 0 bridgehead atoms. The van der Waals surface area contributed by atoms with Gasteiger partial charge >= 0.3 is 0 Å². The molecule has 0 amide bonds. The highest BCUT2D eigenvalue weighted by Crippen LogP contribution is 2.17. The van der Waals surface area contributed by atoms with Crippen LogP contribution in [-0.4, -0.2) is 43.2 Å². The fourth-order valence-corrected chi connectivity index (χ4v) is 3.22. The molecule has 0 aromatic heterocycles. The summed E-state index contributed by atoms with van der Waals surface area (Å²) in [6.07, 6.45) is 7.89. The minimum Gasteiger partial charge on any atom is -0.328 e. The third-order valence-corrected chi connectivity index (χ3v) is 4.25. The van der Waals surface area contributed by atoms with E-state index >= 15 is 0 Å². The normalized spacial score (nSPS) is 32.8. The Morgan fingerprint density at radius 3 is 2.65 bits per heavy atom. The topological polar surface area (TPSA) is 41.3 Å². The van der Waals surface area contributed by atoms with Crippen molar-refractivity contribution in [2.24, 2.45) is 11.7 Å². The molecule has 1 saturated carbocycles. The van der Waals surface area contributed by atoms with Crippen LogP contribution in [0.2, 0.25) is 0 Å². The van der Waals surface area contributed by atoms with Gasteiger partial charge in [0.05, 0.1) is 0 Å². The van der Waals surface area contributed by atoms with Crippen molar-refractivity contribution in [2.45, 2.75) is 57.5 Å². The van der Waals surface area contributed by atoms with Gasteiger partial charge < -0.3 is 16.0 Å². The summed E-state index contributed by atoms with van der Waals surface area (Å²) in [5.41, 5.74) is 5.93. The second-order valence-electron chi connectivity index (χ2n) is 6.14. The molecule has 0 aromatic carbocycles. The van der Waals surface area contributed by atoms with Crippen molar-refractivity contribution in [3.63, 3.8) is 0 Å². The molecule has 2 rings (SSSR count). The lowest BCUT2D eigenvalue weighted by Gasteiger charge is -2.29. The first kappa shape index (κ1) is 13.3. The summed E-state index contributed by atoms with van der Waals surface area (Å²) in [6.45, 7) is 7.44. The predicted molar refractivity (Wildman–Crippen MR) is 73.1 cm³/mol. The molecule has 0 aromatic rings. The molecule has 1 aliphatic carbocycles. The van der Waals surface area contributed by atoms with Crippen molar-refractivity contribution in [1.82, 2.24) is 10.2 Å². The smallest absolute Gasteiger partial charge is 0.00824 e. The van der Waals surface area contributed by atoms with Crippen LogP contribution in [0.4, 0.5) is 0 Å². The van der Waals surface area contributed by atoms with Crippen molar-refractivity contribution < 1.29 is 0 Å². The Labute approximate surface area is 106 Å². The average molecular weight is 239 g/mol. The molecule has 17 heavy (non-hydrogen) atoms. The zero-order chi connectivity index (χ0) is 12.1. The number of nitrogens with one attached hydrogen (secondary N) is 1. The largest absolute Gasteiger partial charge is 0.328 e. The Hall–Kier alpha value is -0.120. The summed E-state index contributed by atoms with van der Waals surface area (Å²) in [4.78, 5) is 2.64. The first-order chi connectivity index (χ1) is 8.24. The van der Waals surface area contributed by atoms with E-state index in [-0.39, 0.29) is 0 Å². The predicted octanol–water partition coefficient (Wildman–Crippen LogP) is 1.58. The van der Waals surface area contributed by atoms with Crippen LogP contribution < -0.4 is 11.1 Å². The lowest BCUT2D eigenvalue weighted by Crippen LogP contribution is -2.39. The van der Waals surface area contributed by atoms with E-state index in [4.69, 9.17) is 5.73 Å². The van der Waals surface area contributed by atoms with E-state index < -0.39 is 0 Å². The molecule has 3 heteroatoms. The second kappa shape index (κ2) is 6.72. The van der Waals surface area contributed by atoms with Crippen LogP contribution in [0.15, 0.2) is 0 Å². The Morgan fingerprint density at radius 1 is 1.24 bits per heavy atom. The maximum Gasteiger partial charge on any atom is 0.00824 e. The molecule has 100 valence electrons. The highest BCUT2D eigenvalue weighted by molar-refractivity contribution is 4.83. The first-order valence-corrected chi connectivity index (χ1v) is 7.45. The van der Waals surface area contributed by atoms with Gasteiger partial charge in [0.15, 0.2) is 0 Å². The molecule has 2 aliphatic rings.